The number of hydrogen-bond donors (Lipinski definition) is 1. The highest BCUT2D eigenvalue weighted by Gasteiger charge is 2.28. The number of rotatable bonds is 5. The van der Waals surface area contributed by atoms with E-state index in [1.807, 2.05) is 11.3 Å². The van der Waals surface area contributed by atoms with E-state index in [0.29, 0.717) is 0 Å². The molecule has 1 N–H and O–H groups in total. The van der Waals surface area contributed by atoms with Gasteiger partial charge in [-0.1, -0.05) is 6.07 Å². The molecule has 2 heterocycles. The van der Waals surface area contributed by atoms with Crippen LogP contribution in [0.15, 0.2) is 17.5 Å². The van der Waals surface area contributed by atoms with Crippen LogP contribution >= 0.6 is 11.3 Å². The Morgan fingerprint density at radius 2 is 2.11 bits per heavy atom. The van der Waals surface area contributed by atoms with Crippen LogP contribution in [0.3, 0.4) is 0 Å². The van der Waals surface area contributed by atoms with Gasteiger partial charge in [0.15, 0.2) is 0 Å². The van der Waals surface area contributed by atoms with Crippen LogP contribution < -0.4 is 5.32 Å². The quantitative estimate of drug-likeness (QED) is 0.878. The highest BCUT2D eigenvalue weighted by Crippen LogP contribution is 2.18. The summed E-state index contributed by atoms with van der Waals surface area (Å²) in [6.07, 6.45) is 0. The maximum Gasteiger partial charge on any atom is 0.0325 e. The molecule has 0 aliphatic carbocycles. The van der Waals surface area contributed by atoms with E-state index in [9.17, 15) is 0 Å². The van der Waals surface area contributed by atoms with Crippen LogP contribution in [0.25, 0.3) is 0 Å². The molecule has 0 saturated carbocycles. The Balaban J connectivity index is 1.86. The second-order valence-electron chi connectivity index (χ2n) is 5.80. The lowest BCUT2D eigenvalue weighted by Gasteiger charge is -2.43. The van der Waals surface area contributed by atoms with Gasteiger partial charge in [-0.3, -0.25) is 9.80 Å². The average molecular weight is 267 g/mol. The first-order chi connectivity index (χ1) is 8.58. The highest BCUT2D eigenvalue weighted by molar-refractivity contribution is 7.09. The van der Waals surface area contributed by atoms with Crippen molar-refractivity contribution >= 4 is 11.3 Å². The van der Waals surface area contributed by atoms with E-state index in [1.54, 1.807) is 0 Å². The SMILES string of the molecule is CN(Cc1cccs1)CC(C)(C)N1CCNCC1. The molecule has 0 spiro atoms. The first kappa shape index (κ1) is 14.0. The predicted octanol–water partition coefficient (Wildman–Crippen LogP) is 1.86. The van der Waals surface area contributed by atoms with E-state index in [2.05, 4.69) is 53.5 Å². The summed E-state index contributed by atoms with van der Waals surface area (Å²) >= 11 is 1.85. The summed E-state index contributed by atoms with van der Waals surface area (Å²) in [5, 5.41) is 5.58. The number of nitrogens with zero attached hydrogens (tertiary/aromatic N) is 2. The van der Waals surface area contributed by atoms with Crippen molar-refractivity contribution in [3.8, 4) is 0 Å². The highest BCUT2D eigenvalue weighted by atomic mass is 32.1. The van der Waals surface area contributed by atoms with Crippen LogP contribution in [0.4, 0.5) is 0 Å². The van der Waals surface area contributed by atoms with Crippen LogP contribution in [0, 0.1) is 0 Å². The van der Waals surface area contributed by atoms with Crippen molar-refractivity contribution in [3.05, 3.63) is 22.4 Å². The van der Waals surface area contributed by atoms with Crippen molar-refractivity contribution in [1.29, 1.82) is 0 Å². The van der Waals surface area contributed by atoms with Crippen LogP contribution in [-0.4, -0.2) is 55.1 Å². The maximum atomic E-state index is 3.42. The minimum Gasteiger partial charge on any atom is -0.314 e. The number of thiophene rings is 1. The predicted molar refractivity (Wildman–Crippen MR) is 79.2 cm³/mol. The summed E-state index contributed by atoms with van der Waals surface area (Å²) in [5.74, 6) is 0. The number of likely N-dealkylation sites (N-methyl/N-ethyl adjacent to an activating group) is 1. The van der Waals surface area contributed by atoms with Gasteiger partial charge in [-0.25, -0.2) is 0 Å². The fraction of sp³-hybridized carbons (Fsp3) is 0.714. The zero-order valence-corrected chi connectivity index (χ0v) is 12.6. The van der Waals surface area contributed by atoms with E-state index in [0.717, 1.165) is 26.2 Å². The molecule has 3 nitrogen and oxygen atoms in total. The molecule has 18 heavy (non-hydrogen) atoms. The summed E-state index contributed by atoms with van der Waals surface area (Å²) in [5.41, 5.74) is 0.258. The zero-order chi connectivity index (χ0) is 13.0. The molecular formula is C14H25N3S. The summed E-state index contributed by atoms with van der Waals surface area (Å²) in [6, 6.07) is 4.36. The lowest BCUT2D eigenvalue weighted by molar-refractivity contribution is 0.0696. The molecule has 1 aliphatic rings. The molecule has 1 fully saturated rings. The van der Waals surface area contributed by atoms with E-state index < -0.39 is 0 Å². The van der Waals surface area contributed by atoms with Crippen LogP contribution in [0.2, 0.25) is 0 Å². The van der Waals surface area contributed by atoms with E-state index >= 15 is 0 Å². The Bertz CT molecular complexity index is 342. The van der Waals surface area contributed by atoms with Gasteiger partial charge in [0, 0.05) is 49.7 Å². The molecular weight excluding hydrogens is 242 g/mol. The Morgan fingerprint density at radius 1 is 1.39 bits per heavy atom. The third-order valence-corrected chi connectivity index (χ3v) is 4.50. The molecule has 0 amide bonds. The molecule has 1 aromatic rings. The van der Waals surface area contributed by atoms with Gasteiger partial charge < -0.3 is 5.32 Å². The lowest BCUT2D eigenvalue weighted by atomic mass is 10.0. The number of piperazine rings is 1. The minimum atomic E-state index is 0.258. The number of hydrogen-bond acceptors (Lipinski definition) is 4. The standard InChI is InChI=1S/C14H25N3S/c1-14(2,17-8-6-15-7-9-17)12-16(3)11-13-5-4-10-18-13/h4-5,10,15H,6-9,11-12H2,1-3H3. The van der Waals surface area contributed by atoms with E-state index in [4.69, 9.17) is 0 Å². The third-order valence-electron chi connectivity index (χ3n) is 3.64. The van der Waals surface area contributed by atoms with Gasteiger partial charge in [-0.05, 0) is 32.3 Å². The van der Waals surface area contributed by atoms with Crippen molar-refractivity contribution in [2.45, 2.75) is 25.9 Å². The topological polar surface area (TPSA) is 18.5 Å². The smallest absolute Gasteiger partial charge is 0.0325 e. The molecule has 0 radical (unpaired) electrons. The van der Waals surface area contributed by atoms with Crippen molar-refractivity contribution in [2.24, 2.45) is 0 Å². The molecule has 0 atom stereocenters. The fourth-order valence-corrected chi connectivity index (χ4v) is 3.54. The monoisotopic (exact) mass is 267 g/mol. The van der Waals surface area contributed by atoms with Crippen molar-refractivity contribution in [3.63, 3.8) is 0 Å². The molecule has 102 valence electrons. The van der Waals surface area contributed by atoms with Crippen molar-refractivity contribution in [2.75, 3.05) is 39.8 Å². The third kappa shape index (κ3) is 3.79. The van der Waals surface area contributed by atoms with Gasteiger partial charge >= 0.3 is 0 Å². The second-order valence-corrected chi connectivity index (χ2v) is 6.83. The first-order valence-electron chi connectivity index (χ1n) is 6.75. The van der Waals surface area contributed by atoms with E-state index in [-0.39, 0.29) is 5.54 Å². The maximum absolute atomic E-state index is 3.42. The van der Waals surface area contributed by atoms with Gasteiger partial charge in [0.05, 0.1) is 0 Å². The molecule has 1 aliphatic heterocycles. The van der Waals surface area contributed by atoms with Gasteiger partial charge in [-0.2, -0.15) is 0 Å². The Morgan fingerprint density at radius 3 is 2.72 bits per heavy atom. The van der Waals surface area contributed by atoms with Crippen LogP contribution in [-0.2, 0) is 6.54 Å². The average Bonchev–Trinajstić information content (AvgIpc) is 2.82. The van der Waals surface area contributed by atoms with Crippen LogP contribution in [0.1, 0.15) is 18.7 Å². The fourth-order valence-electron chi connectivity index (χ4n) is 2.76. The summed E-state index contributed by atoms with van der Waals surface area (Å²) < 4.78 is 0. The van der Waals surface area contributed by atoms with Crippen molar-refractivity contribution in [1.82, 2.24) is 15.1 Å². The Kier molecular flexibility index (Phi) is 4.78. The molecule has 0 aromatic carbocycles. The summed E-state index contributed by atoms with van der Waals surface area (Å²) in [7, 11) is 2.23. The first-order valence-corrected chi connectivity index (χ1v) is 7.62. The van der Waals surface area contributed by atoms with Crippen molar-refractivity contribution < 1.29 is 0 Å². The number of nitrogens with one attached hydrogen (secondary N) is 1. The molecule has 1 saturated heterocycles. The van der Waals surface area contributed by atoms with Gasteiger partial charge in [0.1, 0.15) is 0 Å². The van der Waals surface area contributed by atoms with E-state index in [1.165, 1.54) is 18.0 Å². The summed E-state index contributed by atoms with van der Waals surface area (Å²) in [4.78, 5) is 6.50. The van der Waals surface area contributed by atoms with Gasteiger partial charge in [0.2, 0.25) is 0 Å². The minimum absolute atomic E-state index is 0.258. The molecule has 4 heteroatoms. The Hall–Kier alpha value is -0.420. The van der Waals surface area contributed by atoms with Gasteiger partial charge in [-0.15, -0.1) is 11.3 Å². The normalized spacial score (nSPS) is 18.4. The lowest BCUT2D eigenvalue weighted by Crippen LogP contribution is -2.57. The zero-order valence-electron chi connectivity index (χ0n) is 11.8. The molecule has 2 rings (SSSR count). The second kappa shape index (κ2) is 6.15. The van der Waals surface area contributed by atoms with Gasteiger partial charge in [0.25, 0.3) is 0 Å². The molecule has 0 unspecified atom stereocenters. The largest absolute Gasteiger partial charge is 0.314 e. The Labute approximate surface area is 115 Å². The molecule has 1 aromatic heterocycles. The summed E-state index contributed by atoms with van der Waals surface area (Å²) in [6.45, 7) is 11.5. The van der Waals surface area contributed by atoms with Crippen LogP contribution in [0.5, 0.6) is 0 Å². The molecule has 0 bridgehead atoms.